The number of hydrogen-bond acceptors (Lipinski definition) is 2. The van der Waals surface area contributed by atoms with Crippen LogP contribution in [0.25, 0.3) is 0 Å². The van der Waals surface area contributed by atoms with Gasteiger partial charge in [0.05, 0.1) is 5.92 Å². The van der Waals surface area contributed by atoms with E-state index in [1.165, 1.54) is 0 Å². The van der Waals surface area contributed by atoms with Crippen LogP contribution in [0, 0.1) is 5.92 Å². The third-order valence-corrected chi connectivity index (χ3v) is 2.13. The number of rotatable bonds is 1. The molecule has 0 aliphatic heterocycles. The van der Waals surface area contributed by atoms with Crippen molar-refractivity contribution in [3.63, 3.8) is 0 Å². The molecule has 1 fully saturated rings. The first-order valence-electron chi connectivity index (χ1n) is 3.79. The highest BCUT2D eigenvalue weighted by Gasteiger charge is 2.31. The number of amides is 1. The summed E-state index contributed by atoms with van der Waals surface area (Å²) in [7, 11) is 1.64. The number of carbonyl (C=O) groups is 1. The van der Waals surface area contributed by atoms with Gasteiger partial charge in [-0.05, 0) is 12.8 Å². The molecule has 3 N–H and O–H groups in total. The van der Waals surface area contributed by atoms with E-state index >= 15 is 0 Å². The normalized spacial score (nSPS) is 28.0. The van der Waals surface area contributed by atoms with Gasteiger partial charge in [-0.1, -0.05) is 12.2 Å². The Bertz CT molecular complexity index is 193. The summed E-state index contributed by atoms with van der Waals surface area (Å²) >= 11 is 0. The molecule has 1 aliphatic rings. The van der Waals surface area contributed by atoms with Gasteiger partial charge in [-0.15, -0.1) is 12.4 Å². The molecule has 70 valence electrons. The van der Waals surface area contributed by atoms with Crippen LogP contribution in [0.1, 0.15) is 12.8 Å². The zero-order valence-electron chi connectivity index (χ0n) is 7.17. The molecule has 2 atom stereocenters. The molecule has 3 nitrogen and oxygen atoms in total. The van der Waals surface area contributed by atoms with Crippen LogP contribution >= 0.6 is 12.4 Å². The largest absolute Gasteiger partial charge is 0.359 e. The zero-order chi connectivity index (χ0) is 8.43. The van der Waals surface area contributed by atoms with E-state index in [1.807, 2.05) is 0 Å². The lowest BCUT2D eigenvalue weighted by Crippen LogP contribution is -2.36. The Morgan fingerprint density at radius 2 is 2.25 bits per heavy atom. The quantitative estimate of drug-likeness (QED) is 0.590. The SMILES string of the molecule is C=C1C[C@H](N)[C@H](C(=O)NC)C1.Cl. The lowest BCUT2D eigenvalue weighted by atomic mass is 10.0. The first-order valence-corrected chi connectivity index (χ1v) is 3.79. The Morgan fingerprint density at radius 1 is 1.67 bits per heavy atom. The van der Waals surface area contributed by atoms with Gasteiger partial charge in [0.1, 0.15) is 0 Å². The van der Waals surface area contributed by atoms with E-state index < -0.39 is 0 Å². The van der Waals surface area contributed by atoms with Crippen molar-refractivity contribution < 1.29 is 4.79 Å². The molecule has 0 aromatic rings. The van der Waals surface area contributed by atoms with Crippen LogP contribution in [0.15, 0.2) is 12.2 Å². The molecule has 1 aliphatic carbocycles. The first kappa shape index (κ1) is 11.5. The third kappa shape index (κ3) is 2.22. The van der Waals surface area contributed by atoms with Crippen molar-refractivity contribution in [3.05, 3.63) is 12.2 Å². The summed E-state index contributed by atoms with van der Waals surface area (Å²) in [4.78, 5) is 11.1. The summed E-state index contributed by atoms with van der Waals surface area (Å²) in [5.41, 5.74) is 6.81. The van der Waals surface area contributed by atoms with Gasteiger partial charge in [-0.3, -0.25) is 4.79 Å². The van der Waals surface area contributed by atoms with Gasteiger partial charge in [0, 0.05) is 13.1 Å². The van der Waals surface area contributed by atoms with Gasteiger partial charge in [0.25, 0.3) is 0 Å². The molecule has 0 bridgehead atoms. The third-order valence-electron chi connectivity index (χ3n) is 2.13. The summed E-state index contributed by atoms with van der Waals surface area (Å²) < 4.78 is 0. The second kappa shape index (κ2) is 4.48. The maximum Gasteiger partial charge on any atom is 0.224 e. The predicted octanol–water partition coefficient (Wildman–Crippen LogP) is 0.448. The van der Waals surface area contributed by atoms with Crippen LogP contribution in [0.3, 0.4) is 0 Å². The number of halogens is 1. The second-order valence-corrected chi connectivity index (χ2v) is 3.04. The van der Waals surface area contributed by atoms with Crippen molar-refractivity contribution >= 4 is 18.3 Å². The molecule has 0 unspecified atom stereocenters. The average molecular weight is 191 g/mol. The van der Waals surface area contributed by atoms with Gasteiger partial charge in [0.2, 0.25) is 5.91 Å². The average Bonchev–Trinajstić information content (AvgIpc) is 2.28. The van der Waals surface area contributed by atoms with Gasteiger partial charge in [0.15, 0.2) is 0 Å². The van der Waals surface area contributed by atoms with Crippen LogP contribution in [0.5, 0.6) is 0 Å². The summed E-state index contributed by atoms with van der Waals surface area (Å²) in [6, 6.07) is -0.0255. The van der Waals surface area contributed by atoms with Crippen LogP contribution in [-0.4, -0.2) is 19.0 Å². The molecule has 4 heteroatoms. The summed E-state index contributed by atoms with van der Waals surface area (Å²) in [6.45, 7) is 3.81. The standard InChI is InChI=1S/C8H14N2O.ClH/c1-5-3-6(7(9)4-5)8(11)10-2;/h6-7H,1,3-4,9H2,2H3,(H,10,11);1H/t6-,7+;/m1./s1. The molecule has 0 radical (unpaired) electrons. The number of hydrogen-bond donors (Lipinski definition) is 2. The minimum absolute atomic E-state index is 0. The molecule has 0 heterocycles. The van der Waals surface area contributed by atoms with Crippen molar-refractivity contribution in [2.75, 3.05) is 7.05 Å². The molecule has 0 saturated heterocycles. The van der Waals surface area contributed by atoms with Gasteiger partial charge >= 0.3 is 0 Å². The molecule has 0 aromatic heterocycles. The lowest BCUT2D eigenvalue weighted by Gasteiger charge is -2.11. The fourth-order valence-corrected chi connectivity index (χ4v) is 1.49. The monoisotopic (exact) mass is 190 g/mol. The second-order valence-electron chi connectivity index (χ2n) is 3.04. The van der Waals surface area contributed by atoms with Gasteiger partial charge in [-0.25, -0.2) is 0 Å². The van der Waals surface area contributed by atoms with Crippen molar-refractivity contribution in [3.8, 4) is 0 Å². The number of carbonyl (C=O) groups excluding carboxylic acids is 1. The Hall–Kier alpha value is -0.540. The van der Waals surface area contributed by atoms with Gasteiger partial charge < -0.3 is 11.1 Å². The zero-order valence-corrected chi connectivity index (χ0v) is 7.99. The van der Waals surface area contributed by atoms with Crippen LogP contribution in [0.4, 0.5) is 0 Å². The molecule has 0 aromatic carbocycles. The highest BCUT2D eigenvalue weighted by molar-refractivity contribution is 5.85. The summed E-state index contributed by atoms with van der Waals surface area (Å²) in [6.07, 6.45) is 1.54. The Balaban J connectivity index is 0.00000121. The van der Waals surface area contributed by atoms with Crippen molar-refractivity contribution in [1.82, 2.24) is 5.32 Å². The van der Waals surface area contributed by atoms with Crippen molar-refractivity contribution in [2.24, 2.45) is 11.7 Å². The summed E-state index contributed by atoms with van der Waals surface area (Å²) in [5, 5.41) is 2.60. The predicted molar refractivity (Wildman–Crippen MR) is 51.2 cm³/mol. The van der Waals surface area contributed by atoms with Crippen molar-refractivity contribution in [2.45, 2.75) is 18.9 Å². The topological polar surface area (TPSA) is 55.1 Å². The van der Waals surface area contributed by atoms with E-state index in [4.69, 9.17) is 5.73 Å². The Labute approximate surface area is 78.8 Å². The highest BCUT2D eigenvalue weighted by atomic mass is 35.5. The molecular weight excluding hydrogens is 176 g/mol. The maximum absolute atomic E-state index is 11.1. The van der Waals surface area contributed by atoms with Crippen molar-refractivity contribution in [1.29, 1.82) is 0 Å². The van der Waals surface area contributed by atoms with E-state index in [0.717, 1.165) is 18.4 Å². The molecule has 1 saturated carbocycles. The lowest BCUT2D eigenvalue weighted by molar-refractivity contribution is -0.124. The summed E-state index contributed by atoms with van der Waals surface area (Å²) in [5.74, 6) is -0.0105. The number of nitrogens with two attached hydrogens (primary N) is 1. The fraction of sp³-hybridized carbons (Fsp3) is 0.625. The van der Waals surface area contributed by atoms with E-state index in [2.05, 4.69) is 11.9 Å². The highest BCUT2D eigenvalue weighted by Crippen LogP contribution is 2.27. The molecular formula is C8H15ClN2O. The molecule has 1 amide bonds. The first-order chi connectivity index (χ1) is 5.15. The molecule has 0 spiro atoms. The molecule has 1 rings (SSSR count). The molecule has 12 heavy (non-hydrogen) atoms. The van der Waals surface area contributed by atoms with Crippen LogP contribution in [0.2, 0.25) is 0 Å². The maximum atomic E-state index is 11.1. The fourth-order valence-electron chi connectivity index (χ4n) is 1.49. The smallest absolute Gasteiger partial charge is 0.224 e. The van der Waals surface area contributed by atoms with E-state index in [9.17, 15) is 4.79 Å². The number of nitrogens with one attached hydrogen (secondary N) is 1. The minimum atomic E-state index is -0.0486. The minimum Gasteiger partial charge on any atom is -0.359 e. The van der Waals surface area contributed by atoms with E-state index in [-0.39, 0.29) is 30.3 Å². The van der Waals surface area contributed by atoms with E-state index in [1.54, 1.807) is 7.05 Å². The van der Waals surface area contributed by atoms with Crippen LogP contribution < -0.4 is 11.1 Å². The van der Waals surface area contributed by atoms with Crippen LogP contribution in [-0.2, 0) is 4.79 Å². The Kier molecular flexibility index (Phi) is 4.28. The Morgan fingerprint density at radius 3 is 2.58 bits per heavy atom. The van der Waals surface area contributed by atoms with Gasteiger partial charge in [-0.2, -0.15) is 0 Å². The van der Waals surface area contributed by atoms with E-state index in [0.29, 0.717) is 0 Å².